The maximum atomic E-state index is 12.2. The van der Waals surface area contributed by atoms with E-state index >= 15 is 0 Å². The lowest BCUT2D eigenvalue weighted by Crippen LogP contribution is -2.45. The molecular weight excluding hydrogens is 350 g/mol. The Bertz CT molecular complexity index is 810. The minimum atomic E-state index is 0.0603. The number of hydrogen-bond donors (Lipinski definition) is 3. The van der Waals surface area contributed by atoms with Crippen LogP contribution in [-0.4, -0.2) is 54.0 Å². The molecule has 2 heterocycles. The molecule has 1 aromatic carbocycles. The number of likely N-dealkylation sites (tertiary alicyclic amines) is 1. The summed E-state index contributed by atoms with van der Waals surface area (Å²) in [4.78, 5) is 22.2. The number of aryl methyl sites for hydroxylation is 1. The molecule has 6 nitrogen and oxygen atoms in total. The van der Waals surface area contributed by atoms with Crippen molar-refractivity contribution in [2.45, 2.75) is 46.1 Å². The summed E-state index contributed by atoms with van der Waals surface area (Å²) >= 11 is 0. The minimum Gasteiger partial charge on any atom is -0.361 e. The summed E-state index contributed by atoms with van der Waals surface area (Å²) in [6, 6.07) is 8.69. The molecule has 1 atom stereocenters. The first-order valence-electron chi connectivity index (χ1n) is 10.5. The minimum absolute atomic E-state index is 0.0603. The van der Waals surface area contributed by atoms with Crippen molar-refractivity contribution in [2.24, 2.45) is 10.9 Å². The number of nitrogens with one attached hydrogen (secondary N) is 3. The Hall–Kier alpha value is -2.50. The first-order chi connectivity index (χ1) is 13.6. The van der Waals surface area contributed by atoms with Gasteiger partial charge < -0.3 is 20.5 Å². The summed E-state index contributed by atoms with van der Waals surface area (Å²) in [7, 11) is 0. The van der Waals surface area contributed by atoms with Gasteiger partial charge in [-0.1, -0.05) is 32.0 Å². The zero-order valence-electron chi connectivity index (χ0n) is 17.3. The van der Waals surface area contributed by atoms with Gasteiger partial charge in [0.1, 0.15) is 0 Å². The molecule has 3 N–H and O–H groups in total. The number of nitrogens with zero attached hydrogens (tertiary/aromatic N) is 2. The van der Waals surface area contributed by atoms with Gasteiger partial charge in [0.05, 0.1) is 0 Å². The molecule has 0 aliphatic carbocycles. The van der Waals surface area contributed by atoms with Crippen molar-refractivity contribution >= 4 is 22.8 Å². The van der Waals surface area contributed by atoms with Crippen LogP contribution in [0.25, 0.3) is 10.9 Å². The molecule has 2 aromatic rings. The molecular formula is C22H33N5O. The van der Waals surface area contributed by atoms with Crippen LogP contribution < -0.4 is 10.6 Å². The van der Waals surface area contributed by atoms with E-state index < -0.39 is 0 Å². The smallest absolute Gasteiger partial charge is 0.225 e. The van der Waals surface area contributed by atoms with Crippen molar-refractivity contribution in [1.82, 2.24) is 20.5 Å². The first-order valence-corrected chi connectivity index (χ1v) is 10.5. The Balaban J connectivity index is 1.50. The summed E-state index contributed by atoms with van der Waals surface area (Å²) in [5.74, 6) is 1.15. The quantitative estimate of drug-likeness (QED) is 0.391. The fraction of sp³-hybridized carbons (Fsp3) is 0.545. The van der Waals surface area contributed by atoms with Crippen LogP contribution in [-0.2, 0) is 11.2 Å². The van der Waals surface area contributed by atoms with Crippen molar-refractivity contribution in [2.75, 3.05) is 26.2 Å². The summed E-state index contributed by atoms with van der Waals surface area (Å²) < 4.78 is 0. The van der Waals surface area contributed by atoms with E-state index in [0.29, 0.717) is 0 Å². The Morgan fingerprint density at radius 3 is 2.96 bits per heavy atom. The number of amides is 1. The van der Waals surface area contributed by atoms with Crippen LogP contribution in [0, 0.1) is 5.92 Å². The average molecular weight is 384 g/mol. The van der Waals surface area contributed by atoms with E-state index in [1.54, 1.807) is 0 Å². The molecule has 0 bridgehead atoms. The largest absolute Gasteiger partial charge is 0.361 e. The van der Waals surface area contributed by atoms with Gasteiger partial charge in [0.2, 0.25) is 5.91 Å². The van der Waals surface area contributed by atoms with Crippen LogP contribution >= 0.6 is 0 Å². The second-order valence-corrected chi connectivity index (χ2v) is 7.79. The molecule has 152 valence electrons. The van der Waals surface area contributed by atoms with Crippen LogP contribution in [0.1, 0.15) is 39.2 Å². The molecule has 3 rings (SSSR count). The van der Waals surface area contributed by atoms with Gasteiger partial charge in [-0.3, -0.25) is 9.79 Å². The van der Waals surface area contributed by atoms with Crippen LogP contribution in [0.2, 0.25) is 0 Å². The number of aromatic amines is 1. The van der Waals surface area contributed by atoms with E-state index in [4.69, 9.17) is 4.99 Å². The fourth-order valence-corrected chi connectivity index (χ4v) is 3.76. The van der Waals surface area contributed by atoms with Crippen molar-refractivity contribution in [3.05, 3.63) is 36.0 Å². The number of rotatable bonds is 7. The monoisotopic (exact) mass is 383 g/mol. The predicted octanol–water partition coefficient (Wildman–Crippen LogP) is 2.91. The number of fused-ring (bicyclic) bond motifs is 1. The van der Waals surface area contributed by atoms with E-state index in [9.17, 15) is 4.79 Å². The molecule has 6 heteroatoms. The highest BCUT2D eigenvalue weighted by Gasteiger charge is 2.27. The first kappa shape index (κ1) is 20.2. The van der Waals surface area contributed by atoms with Crippen LogP contribution in [0.15, 0.2) is 35.5 Å². The lowest BCUT2D eigenvalue weighted by Gasteiger charge is -2.20. The summed E-state index contributed by atoms with van der Waals surface area (Å²) in [6.07, 6.45) is 5.09. The average Bonchev–Trinajstić information content (AvgIpc) is 3.32. The van der Waals surface area contributed by atoms with Gasteiger partial charge in [-0.15, -0.1) is 0 Å². The second-order valence-electron chi connectivity index (χ2n) is 7.79. The van der Waals surface area contributed by atoms with Gasteiger partial charge in [0, 0.05) is 55.2 Å². The van der Waals surface area contributed by atoms with Gasteiger partial charge >= 0.3 is 0 Å². The highest BCUT2D eigenvalue weighted by Crippen LogP contribution is 2.19. The number of carbonyl (C=O) groups excluding carboxylic acids is 1. The number of aromatic nitrogens is 1. The normalized spacial score (nSPS) is 17.5. The Kier molecular flexibility index (Phi) is 6.95. The molecule has 1 aromatic heterocycles. The van der Waals surface area contributed by atoms with Crippen molar-refractivity contribution in [1.29, 1.82) is 0 Å². The van der Waals surface area contributed by atoms with Crippen LogP contribution in [0.3, 0.4) is 0 Å². The van der Waals surface area contributed by atoms with Gasteiger partial charge in [-0.05, 0) is 37.8 Å². The van der Waals surface area contributed by atoms with E-state index in [1.165, 1.54) is 16.5 Å². The SMILES string of the molecule is CCNC(=NCCCc1c[nH]c2ccccc12)NC1CCN(C(=O)C(C)C)C1. The Morgan fingerprint density at radius 2 is 2.18 bits per heavy atom. The van der Waals surface area contributed by atoms with Gasteiger partial charge in [0.25, 0.3) is 0 Å². The highest BCUT2D eigenvalue weighted by molar-refractivity contribution is 5.83. The number of H-pyrrole nitrogens is 1. The maximum absolute atomic E-state index is 12.2. The third kappa shape index (κ3) is 5.06. The number of aliphatic imine (C=N–C) groups is 1. The topological polar surface area (TPSA) is 72.5 Å². The zero-order valence-corrected chi connectivity index (χ0v) is 17.3. The van der Waals surface area contributed by atoms with Crippen molar-refractivity contribution in [3.63, 3.8) is 0 Å². The Morgan fingerprint density at radius 1 is 1.36 bits per heavy atom. The lowest BCUT2D eigenvalue weighted by atomic mass is 10.1. The summed E-state index contributed by atoms with van der Waals surface area (Å²) in [5.41, 5.74) is 2.54. The number of hydrogen-bond acceptors (Lipinski definition) is 2. The third-order valence-corrected chi connectivity index (χ3v) is 5.23. The van der Waals surface area contributed by atoms with E-state index in [-0.39, 0.29) is 17.9 Å². The Labute approximate surface area is 167 Å². The molecule has 0 radical (unpaired) electrons. The number of para-hydroxylation sites is 1. The third-order valence-electron chi connectivity index (χ3n) is 5.23. The molecule has 1 aliphatic heterocycles. The summed E-state index contributed by atoms with van der Waals surface area (Å²) in [6.45, 7) is 9.19. The van der Waals surface area contributed by atoms with Gasteiger partial charge in [-0.2, -0.15) is 0 Å². The van der Waals surface area contributed by atoms with Gasteiger partial charge in [0.15, 0.2) is 5.96 Å². The van der Waals surface area contributed by atoms with Crippen molar-refractivity contribution in [3.8, 4) is 0 Å². The number of benzene rings is 1. The lowest BCUT2D eigenvalue weighted by molar-refractivity contribution is -0.133. The van der Waals surface area contributed by atoms with E-state index in [0.717, 1.165) is 51.4 Å². The predicted molar refractivity (Wildman–Crippen MR) is 116 cm³/mol. The molecule has 1 aliphatic rings. The second kappa shape index (κ2) is 9.62. The number of carbonyl (C=O) groups is 1. The molecule has 1 unspecified atom stereocenters. The molecule has 1 fully saturated rings. The molecule has 28 heavy (non-hydrogen) atoms. The molecule has 1 saturated heterocycles. The molecule has 1 amide bonds. The van der Waals surface area contributed by atoms with E-state index in [2.05, 4.69) is 53.0 Å². The van der Waals surface area contributed by atoms with Crippen LogP contribution in [0.4, 0.5) is 0 Å². The van der Waals surface area contributed by atoms with Crippen LogP contribution in [0.5, 0.6) is 0 Å². The summed E-state index contributed by atoms with van der Waals surface area (Å²) in [5, 5.41) is 8.13. The highest BCUT2D eigenvalue weighted by atomic mass is 16.2. The molecule has 0 saturated carbocycles. The zero-order chi connectivity index (χ0) is 19.9. The fourth-order valence-electron chi connectivity index (χ4n) is 3.76. The van der Waals surface area contributed by atoms with Crippen molar-refractivity contribution < 1.29 is 4.79 Å². The number of guanidine groups is 1. The van der Waals surface area contributed by atoms with Gasteiger partial charge in [-0.25, -0.2) is 0 Å². The standard InChI is InChI=1S/C22H33N5O/c1-4-23-22(26-18-11-13-27(15-18)21(28)16(2)3)24-12-7-8-17-14-25-20-10-6-5-9-19(17)20/h5-6,9-10,14,16,18,25H,4,7-8,11-13,15H2,1-3H3,(H2,23,24,26). The van der Waals surface area contributed by atoms with E-state index in [1.807, 2.05) is 18.7 Å². The molecule has 0 spiro atoms. The maximum Gasteiger partial charge on any atom is 0.225 e.